The van der Waals surface area contributed by atoms with Crippen LogP contribution in [-0.2, 0) is 4.79 Å². The Morgan fingerprint density at radius 3 is 2.33 bits per heavy atom. The van der Waals surface area contributed by atoms with Gasteiger partial charge >= 0.3 is 0 Å². The van der Waals surface area contributed by atoms with Crippen LogP contribution >= 0.6 is 0 Å². The van der Waals surface area contributed by atoms with Gasteiger partial charge in [-0.15, -0.1) is 0 Å². The number of amides is 2. The Balaban J connectivity index is 1.77. The molecule has 0 radical (unpaired) electrons. The van der Waals surface area contributed by atoms with Gasteiger partial charge in [0.1, 0.15) is 0 Å². The first kappa shape index (κ1) is 24.8. The molecule has 0 spiro atoms. The minimum Gasteiger partial charge on any atom is -0.371 e. The summed E-state index contributed by atoms with van der Waals surface area (Å²) in [5.41, 5.74) is 3.23. The van der Waals surface area contributed by atoms with Gasteiger partial charge < -0.3 is 20.4 Å². The van der Waals surface area contributed by atoms with E-state index in [1.807, 2.05) is 55.5 Å². The second-order valence-corrected chi connectivity index (χ2v) is 8.57. The zero-order valence-corrected chi connectivity index (χ0v) is 20.3. The highest BCUT2D eigenvalue weighted by molar-refractivity contribution is 6.03. The van der Waals surface area contributed by atoms with Gasteiger partial charge in [0.15, 0.2) is 0 Å². The smallest absolute Gasteiger partial charge is 0.253 e. The van der Waals surface area contributed by atoms with Crippen LogP contribution in [0.3, 0.4) is 0 Å². The fourth-order valence-electron chi connectivity index (χ4n) is 4.48. The fraction of sp³-hybridized carbons (Fsp3) is 0.481. The topological polar surface area (TPSA) is 64.7 Å². The molecule has 3 rings (SSSR count). The van der Waals surface area contributed by atoms with Crippen molar-refractivity contribution in [3.63, 3.8) is 0 Å². The molecule has 2 aromatic carbocycles. The predicted octanol–water partition coefficient (Wildman–Crippen LogP) is 4.49. The normalized spacial score (nSPS) is 14.4. The number of nitrogens with one attached hydrogen (secondary N) is 2. The van der Waals surface area contributed by atoms with E-state index < -0.39 is 0 Å². The minimum atomic E-state index is -0.226. The molecule has 1 saturated heterocycles. The summed E-state index contributed by atoms with van der Waals surface area (Å²) in [5, 5.41) is 6.13. The van der Waals surface area contributed by atoms with Crippen molar-refractivity contribution in [1.82, 2.24) is 10.2 Å². The fourth-order valence-corrected chi connectivity index (χ4v) is 4.48. The molecule has 6 nitrogen and oxygen atoms in total. The zero-order chi connectivity index (χ0) is 23.6. The highest BCUT2D eigenvalue weighted by Gasteiger charge is 2.22. The molecule has 2 amide bonds. The van der Waals surface area contributed by atoms with E-state index in [-0.39, 0.29) is 17.7 Å². The van der Waals surface area contributed by atoms with Crippen molar-refractivity contribution in [2.24, 2.45) is 0 Å². The molecule has 1 aliphatic heterocycles. The molecule has 6 heteroatoms. The molecule has 33 heavy (non-hydrogen) atoms. The van der Waals surface area contributed by atoms with Gasteiger partial charge in [0.25, 0.3) is 5.91 Å². The highest BCUT2D eigenvalue weighted by atomic mass is 16.2. The van der Waals surface area contributed by atoms with Gasteiger partial charge in [-0.3, -0.25) is 9.59 Å². The van der Waals surface area contributed by atoms with Crippen LogP contribution in [0.1, 0.15) is 61.9 Å². The number of hydrogen-bond donors (Lipinski definition) is 2. The van der Waals surface area contributed by atoms with Gasteiger partial charge in [-0.25, -0.2) is 0 Å². The summed E-state index contributed by atoms with van der Waals surface area (Å²) < 4.78 is 0. The second-order valence-electron chi connectivity index (χ2n) is 8.57. The summed E-state index contributed by atoms with van der Waals surface area (Å²) in [6.45, 7) is 11.5. The van der Waals surface area contributed by atoms with Crippen molar-refractivity contribution in [2.45, 2.75) is 46.0 Å². The van der Waals surface area contributed by atoms with E-state index in [0.29, 0.717) is 24.2 Å². The van der Waals surface area contributed by atoms with Crippen LogP contribution in [-0.4, -0.2) is 56.0 Å². The molecule has 0 bridgehead atoms. The lowest BCUT2D eigenvalue weighted by Crippen LogP contribution is -2.35. The maximum Gasteiger partial charge on any atom is 0.253 e. The van der Waals surface area contributed by atoms with Crippen LogP contribution < -0.4 is 15.5 Å². The number of likely N-dealkylation sites (N-methyl/N-ethyl adjacent to an activating group) is 1. The molecular formula is C27H38N4O2. The Bertz CT molecular complexity index is 906. The average molecular weight is 451 g/mol. The molecule has 0 aliphatic carbocycles. The van der Waals surface area contributed by atoms with E-state index in [4.69, 9.17) is 0 Å². The molecule has 0 aromatic heterocycles. The molecule has 1 atom stereocenters. The summed E-state index contributed by atoms with van der Waals surface area (Å²) in [7, 11) is 0. The second kappa shape index (κ2) is 12.4. The maximum atomic E-state index is 13.2. The Labute approximate surface area is 198 Å². The van der Waals surface area contributed by atoms with E-state index in [2.05, 4.69) is 34.3 Å². The molecule has 1 unspecified atom stereocenters. The van der Waals surface area contributed by atoms with Gasteiger partial charge in [-0.1, -0.05) is 51.1 Å². The van der Waals surface area contributed by atoms with Crippen molar-refractivity contribution in [3.05, 3.63) is 59.7 Å². The predicted molar refractivity (Wildman–Crippen MR) is 136 cm³/mol. The molecule has 2 N–H and O–H groups in total. The SMILES string of the molecule is CCC(C(=O)Nc1ccc(N2CCCC2)c(C(=O)NCCN(CC)CC)c1)c1ccccc1. The third-order valence-electron chi connectivity index (χ3n) is 6.49. The molecule has 178 valence electrons. The van der Waals surface area contributed by atoms with Crippen LogP contribution in [0.5, 0.6) is 0 Å². The monoisotopic (exact) mass is 450 g/mol. The van der Waals surface area contributed by atoms with Gasteiger partial charge in [-0.2, -0.15) is 0 Å². The molecule has 1 fully saturated rings. The van der Waals surface area contributed by atoms with E-state index in [9.17, 15) is 9.59 Å². The first-order valence-electron chi connectivity index (χ1n) is 12.3. The standard InChI is InChI=1S/C27H38N4O2/c1-4-23(21-12-8-7-9-13-21)27(33)29-22-14-15-25(31-17-10-11-18-31)24(20-22)26(32)28-16-19-30(5-2)6-3/h7-9,12-15,20,23H,4-6,10-11,16-19H2,1-3H3,(H,28,32)(H,29,33). The molecular weight excluding hydrogens is 412 g/mol. The number of nitrogens with zero attached hydrogens (tertiary/aromatic N) is 2. The summed E-state index contributed by atoms with van der Waals surface area (Å²) in [4.78, 5) is 30.8. The number of benzene rings is 2. The first-order valence-corrected chi connectivity index (χ1v) is 12.3. The zero-order valence-electron chi connectivity index (χ0n) is 20.3. The largest absolute Gasteiger partial charge is 0.371 e. The highest BCUT2D eigenvalue weighted by Crippen LogP contribution is 2.29. The van der Waals surface area contributed by atoms with Gasteiger partial charge in [0.05, 0.1) is 11.5 Å². The lowest BCUT2D eigenvalue weighted by Gasteiger charge is -2.23. The van der Waals surface area contributed by atoms with Crippen molar-refractivity contribution in [2.75, 3.05) is 49.5 Å². The molecule has 1 aliphatic rings. The number of carbonyl (C=O) groups excluding carboxylic acids is 2. The number of carbonyl (C=O) groups is 2. The third-order valence-corrected chi connectivity index (χ3v) is 6.49. The van der Waals surface area contributed by atoms with E-state index in [1.54, 1.807) is 0 Å². The van der Waals surface area contributed by atoms with Crippen molar-refractivity contribution in [3.8, 4) is 0 Å². The Kier molecular flexibility index (Phi) is 9.31. The Hall–Kier alpha value is -2.86. The number of rotatable bonds is 11. The lowest BCUT2D eigenvalue weighted by atomic mass is 9.95. The van der Waals surface area contributed by atoms with Gasteiger partial charge in [0.2, 0.25) is 5.91 Å². The van der Waals surface area contributed by atoms with Crippen molar-refractivity contribution in [1.29, 1.82) is 0 Å². The maximum absolute atomic E-state index is 13.2. The van der Waals surface area contributed by atoms with Crippen LogP contribution in [0.25, 0.3) is 0 Å². The summed E-state index contributed by atoms with van der Waals surface area (Å²) in [6.07, 6.45) is 2.98. The summed E-state index contributed by atoms with van der Waals surface area (Å²) >= 11 is 0. The quantitative estimate of drug-likeness (QED) is 0.529. The van der Waals surface area contributed by atoms with Crippen LogP contribution in [0.15, 0.2) is 48.5 Å². The van der Waals surface area contributed by atoms with Gasteiger partial charge in [0, 0.05) is 37.6 Å². The molecule has 2 aromatic rings. The summed E-state index contributed by atoms with van der Waals surface area (Å²) in [6, 6.07) is 15.6. The average Bonchev–Trinajstić information content (AvgIpc) is 3.38. The third kappa shape index (κ3) is 6.57. The first-order chi connectivity index (χ1) is 16.1. The van der Waals surface area contributed by atoms with Crippen LogP contribution in [0.4, 0.5) is 11.4 Å². The van der Waals surface area contributed by atoms with Gasteiger partial charge in [-0.05, 0) is 56.1 Å². The molecule has 0 saturated carbocycles. The number of anilines is 2. The lowest BCUT2D eigenvalue weighted by molar-refractivity contribution is -0.117. The van der Waals surface area contributed by atoms with Crippen LogP contribution in [0.2, 0.25) is 0 Å². The van der Waals surface area contributed by atoms with Crippen molar-refractivity contribution >= 4 is 23.2 Å². The minimum absolute atomic E-state index is 0.0504. The Morgan fingerprint density at radius 1 is 1.00 bits per heavy atom. The molecule has 1 heterocycles. The number of hydrogen-bond acceptors (Lipinski definition) is 4. The van der Waals surface area contributed by atoms with E-state index in [0.717, 1.165) is 56.8 Å². The van der Waals surface area contributed by atoms with Crippen LogP contribution in [0, 0.1) is 0 Å². The summed E-state index contributed by atoms with van der Waals surface area (Å²) in [5.74, 6) is -0.364. The Morgan fingerprint density at radius 2 is 1.70 bits per heavy atom. The van der Waals surface area contributed by atoms with Crippen molar-refractivity contribution < 1.29 is 9.59 Å². The van der Waals surface area contributed by atoms with E-state index in [1.165, 1.54) is 0 Å². The van der Waals surface area contributed by atoms with E-state index >= 15 is 0 Å².